The van der Waals surface area contributed by atoms with Crippen LogP contribution in [0.2, 0.25) is 0 Å². The standard InChI is InChI=1S/C7H15NO3.C5H6O5/c1-8(2,3)5-6(9)4-7(10)11;6-3(5(9)10)1-2-4(7)8/h6,9H,4-5H2,1-3H3;1-2H2,(H,7,8)(H,9,10)/t6-;/m1./s1. The summed E-state index contributed by atoms with van der Waals surface area (Å²) in [6.07, 6.45) is -1.95. The predicted molar refractivity (Wildman–Crippen MR) is 68.0 cm³/mol. The minimum atomic E-state index is -1.61. The van der Waals surface area contributed by atoms with Crippen LogP contribution in [-0.2, 0) is 19.2 Å². The van der Waals surface area contributed by atoms with E-state index in [1.807, 2.05) is 21.1 Å². The molecule has 3 N–H and O–H groups in total. The van der Waals surface area contributed by atoms with Gasteiger partial charge in [0, 0.05) is 12.4 Å². The van der Waals surface area contributed by atoms with Gasteiger partial charge in [0.2, 0.25) is 5.78 Å². The lowest BCUT2D eigenvalue weighted by Gasteiger charge is -2.25. The summed E-state index contributed by atoms with van der Waals surface area (Å²) in [7, 11) is 5.72. The highest BCUT2D eigenvalue weighted by Gasteiger charge is 2.17. The van der Waals surface area contributed by atoms with Gasteiger partial charge in [0.05, 0.1) is 27.6 Å². The number of carboxylic acid groups (broad SMARTS) is 3. The Balaban J connectivity index is 0. The summed E-state index contributed by atoms with van der Waals surface area (Å²) in [5, 5.41) is 35.1. The number of likely N-dealkylation sites (N-methyl/N-ethyl adjacent to an activating group) is 1. The number of nitrogens with zero attached hydrogens (tertiary/aromatic N) is 1. The summed E-state index contributed by atoms with van der Waals surface area (Å²) < 4.78 is 0.578. The van der Waals surface area contributed by atoms with E-state index in [0.29, 0.717) is 11.0 Å². The SMILES string of the molecule is C[N+](C)(C)C[C@H](O)CC(=O)O.O=C([O-])CCC(=O)C(=O)O. The van der Waals surface area contributed by atoms with Crippen LogP contribution in [0.3, 0.4) is 0 Å². The molecule has 0 heterocycles. The Morgan fingerprint density at radius 1 is 1.05 bits per heavy atom. The monoisotopic (exact) mass is 307 g/mol. The number of aliphatic carboxylic acids is 3. The largest absolute Gasteiger partial charge is 0.550 e. The van der Waals surface area contributed by atoms with Crippen molar-refractivity contribution >= 4 is 23.7 Å². The molecule has 0 aliphatic rings. The minimum absolute atomic E-state index is 0.171. The van der Waals surface area contributed by atoms with Crippen LogP contribution in [0.5, 0.6) is 0 Å². The van der Waals surface area contributed by atoms with Gasteiger partial charge in [-0.3, -0.25) is 9.59 Å². The van der Waals surface area contributed by atoms with E-state index in [1.54, 1.807) is 0 Å². The second kappa shape index (κ2) is 9.83. The molecule has 0 saturated heterocycles. The molecule has 9 nitrogen and oxygen atoms in total. The number of hydrogen-bond donors (Lipinski definition) is 3. The maximum Gasteiger partial charge on any atom is 0.372 e. The fraction of sp³-hybridized carbons (Fsp3) is 0.667. The summed E-state index contributed by atoms with van der Waals surface area (Å²) in [4.78, 5) is 39.7. The number of carboxylic acids is 3. The second-order valence-electron chi connectivity index (χ2n) is 5.32. The highest BCUT2D eigenvalue weighted by molar-refractivity contribution is 6.32. The number of ketones is 1. The normalized spacial score (nSPS) is 11.8. The number of hydrogen-bond acceptors (Lipinski definition) is 6. The van der Waals surface area contributed by atoms with Crippen LogP contribution < -0.4 is 5.11 Å². The number of rotatable bonds is 8. The molecule has 122 valence electrons. The molecular weight excluding hydrogens is 286 g/mol. The predicted octanol–water partition coefficient (Wildman–Crippen LogP) is -2.30. The zero-order valence-corrected chi connectivity index (χ0v) is 12.2. The third kappa shape index (κ3) is 18.0. The Hall–Kier alpha value is -2.00. The van der Waals surface area contributed by atoms with Crippen molar-refractivity contribution in [3.05, 3.63) is 0 Å². The van der Waals surface area contributed by atoms with Gasteiger partial charge in [0.25, 0.3) is 0 Å². The van der Waals surface area contributed by atoms with Gasteiger partial charge in [-0.15, -0.1) is 0 Å². The summed E-state index contributed by atoms with van der Waals surface area (Å²) >= 11 is 0. The van der Waals surface area contributed by atoms with Crippen LogP contribution in [-0.4, -0.2) is 77.3 Å². The number of quaternary nitrogens is 1. The average Bonchev–Trinajstić information content (AvgIpc) is 2.22. The molecule has 0 amide bonds. The van der Waals surface area contributed by atoms with Crippen molar-refractivity contribution in [3.8, 4) is 0 Å². The fourth-order valence-corrected chi connectivity index (χ4v) is 1.22. The van der Waals surface area contributed by atoms with Crippen molar-refractivity contribution in [2.45, 2.75) is 25.4 Å². The molecule has 0 unspecified atom stereocenters. The molecule has 0 spiro atoms. The lowest BCUT2D eigenvalue weighted by Crippen LogP contribution is -2.42. The van der Waals surface area contributed by atoms with Crippen LogP contribution in [0, 0.1) is 0 Å². The Morgan fingerprint density at radius 3 is 1.81 bits per heavy atom. The van der Waals surface area contributed by atoms with Gasteiger partial charge in [0.15, 0.2) is 0 Å². The van der Waals surface area contributed by atoms with Gasteiger partial charge in [-0.1, -0.05) is 0 Å². The number of Topliss-reactive ketones (excluding diaryl/α,β-unsaturated/α-hetero) is 1. The molecule has 0 saturated carbocycles. The molecule has 1 atom stereocenters. The summed E-state index contributed by atoms with van der Waals surface area (Å²) in [6.45, 7) is 0.465. The van der Waals surface area contributed by atoms with Crippen LogP contribution >= 0.6 is 0 Å². The van der Waals surface area contributed by atoms with Crippen LogP contribution in [0.4, 0.5) is 0 Å². The third-order valence-electron chi connectivity index (χ3n) is 1.96. The highest BCUT2D eigenvalue weighted by Crippen LogP contribution is 1.98. The molecule has 0 aromatic heterocycles. The first-order chi connectivity index (χ1) is 9.35. The number of carbonyl (C=O) groups excluding carboxylic acids is 2. The van der Waals surface area contributed by atoms with E-state index in [0.717, 1.165) is 0 Å². The van der Waals surface area contributed by atoms with Crippen LogP contribution in [0.25, 0.3) is 0 Å². The number of aliphatic hydroxyl groups is 1. The molecule has 0 radical (unpaired) electrons. The van der Waals surface area contributed by atoms with Gasteiger partial charge >= 0.3 is 11.9 Å². The topological polar surface area (TPSA) is 152 Å². The molecule has 0 bridgehead atoms. The zero-order valence-electron chi connectivity index (χ0n) is 12.2. The second-order valence-corrected chi connectivity index (χ2v) is 5.32. The van der Waals surface area contributed by atoms with Crippen LogP contribution in [0.15, 0.2) is 0 Å². The fourth-order valence-electron chi connectivity index (χ4n) is 1.22. The zero-order chi connectivity index (χ0) is 17.2. The van der Waals surface area contributed by atoms with Crippen molar-refractivity contribution in [1.82, 2.24) is 0 Å². The lowest BCUT2D eigenvalue weighted by molar-refractivity contribution is -0.873. The van der Waals surface area contributed by atoms with Gasteiger partial charge in [-0.25, -0.2) is 4.79 Å². The average molecular weight is 307 g/mol. The van der Waals surface area contributed by atoms with Crippen LogP contribution in [0.1, 0.15) is 19.3 Å². The molecule has 0 fully saturated rings. The van der Waals surface area contributed by atoms with E-state index in [-0.39, 0.29) is 6.42 Å². The van der Waals surface area contributed by atoms with E-state index >= 15 is 0 Å². The van der Waals surface area contributed by atoms with Gasteiger partial charge in [-0.05, 0) is 6.42 Å². The summed E-state index contributed by atoms with van der Waals surface area (Å²) in [6, 6.07) is 0. The van der Waals surface area contributed by atoms with Crippen molar-refractivity contribution in [2.24, 2.45) is 0 Å². The summed E-state index contributed by atoms with van der Waals surface area (Å²) in [5.74, 6) is -5.09. The van der Waals surface area contributed by atoms with Gasteiger partial charge in [0.1, 0.15) is 12.6 Å². The van der Waals surface area contributed by atoms with Crippen molar-refractivity contribution in [1.29, 1.82) is 0 Å². The Morgan fingerprint density at radius 2 is 1.52 bits per heavy atom. The molecule has 0 rings (SSSR count). The Kier molecular flexibility index (Phi) is 9.97. The molecule has 0 aliphatic carbocycles. The molecular formula is C12H21NO8. The van der Waals surface area contributed by atoms with Gasteiger partial charge in [-0.2, -0.15) is 0 Å². The Bertz CT molecular complexity index is 385. The molecule has 0 aromatic rings. The Labute approximate surface area is 122 Å². The molecule has 21 heavy (non-hydrogen) atoms. The van der Waals surface area contributed by atoms with E-state index in [9.17, 15) is 24.3 Å². The quantitative estimate of drug-likeness (QED) is 0.334. The van der Waals surface area contributed by atoms with Crippen molar-refractivity contribution < 1.29 is 44.1 Å². The molecule has 9 heteroatoms. The first kappa shape index (κ1) is 21.3. The maximum atomic E-state index is 10.2. The maximum absolute atomic E-state index is 10.2. The van der Waals surface area contributed by atoms with E-state index < -0.39 is 42.6 Å². The first-order valence-electron chi connectivity index (χ1n) is 6.01. The minimum Gasteiger partial charge on any atom is -0.550 e. The van der Waals surface area contributed by atoms with E-state index in [4.69, 9.17) is 15.3 Å². The van der Waals surface area contributed by atoms with Crippen molar-refractivity contribution in [3.63, 3.8) is 0 Å². The third-order valence-corrected chi connectivity index (χ3v) is 1.96. The number of aliphatic hydroxyl groups excluding tert-OH is 1. The van der Waals surface area contributed by atoms with Crippen molar-refractivity contribution in [2.75, 3.05) is 27.7 Å². The highest BCUT2D eigenvalue weighted by atomic mass is 16.4. The van der Waals surface area contributed by atoms with E-state index in [1.165, 1.54) is 0 Å². The number of carbonyl (C=O) groups is 4. The molecule has 0 aromatic carbocycles. The molecule has 0 aliphatic heterocycles. The lowest BCUT2D eigenvalue weighted by atomic mass is 10.2. The van der Waals surface area contributed by atoms with Gasteiger partial charge < -0.3 is 29.7 Å². The smallest absolute Gasteiger partial charge is 0.372 e. The summed E-state index contributed by atoms with van der Waals surface area (Å²) in [5.41, 5.74) is 0. The first-order valence-corrected chi connectivity index (χ1v) is 6.01. The van der Waals surface area contributed by atoms with E-state index in [2.05, 4.69) is 0 Å².